The van der Waals surface area contributed by atoms with Gasteiger partial charge in [-0.05, 0) is 65.0 Å². The van der Waals surface area contributed by atoms with E-state index in [0.717, 1.165) is 31.6 Å². The van der Waals surface area contributed by atoms with Gasteiger partial charge in [-0.15, -0.1) is 0 Å². The molecule has 0 saturated heterocycles. The van der Waals surface area contributed by atoms with E-state index in [1.54, 1.807) is 0 Å². The Morgan fingerprint density at radius 2 is 1.62 bits per heavy atom. The SMILES string of the molecule is CCc1nc(C2CCC2)nc(CC)c1CCNC(C)(C)C. The number of hydrogen-bond donors (Lipinski definition) is 1. The van der Waals surface area contributed by atoms with E-state index in [-0.39, 0.29) is 5.54 Å². The van der Waals surface area contributed by atoms with Crippen LogP contribution in [0.1, 0.15) is 82.6 Å². The van der Waals surface area contributed by atoms with Gasteiger partial charge in [-0.1, -0.05) is 20.3 Å². The van der Waals surface area contributed by atoms with Gasteiger partial charge in [0.1, 0.15) is 5.82 Å². The zero-order valence-corrected chi connectivity index (χ0v) is 14.4. The van der Waals surface area contributed by atoms with Crippen molar-refractivity contribution in [3.05, 3.63) is 22.8 Å². The Balaban J connectivity index is 2.17. The van der Waals surface area contributed by atoms with Crippen LogP contribution in [-0.4, -0.2) is 22.1 Å². The molecule has 3 heteroatoms. The third kappa shape index (κ3) is 4.26. The highest BCUT2D eigenvalue weighted by Gasteiger charge is 2.24. The summed E-state index contributed by atoms with van der Waals surface area (Å²) in [6, 6.07) is 0. The van der Waals surface area contributed by atoms with Crippen molar-refractivity contribution in [3.63, 3.8) is 0 Å². The Bertz CT molecular complexity index is 445. The quantitative estimate of drug-likeness (QED) is 0.865. The molecule has 1 aliphatic carbocycles. The average molecular weight is 289 g/mol. The van der Waals surface area contributed by atoms with Gasteiger partial charge in [0.15, 0.2) is 0 Å². The molecule has 0 spiro atoms. The summed E-state index contributed by atoms with van der Waals surface area (Å²) in [5, 5.41) is 3.58. The van der Waals surface area contributed by atoms with E-state index in [9.17, 15) is 0 Å². The maximum Gasteiger partial charge on any atom is 0.131 e. The minimum Gasteiger partial charge on any atom is -0.312 e. The first-order chi connectivity index (χ1) is 9.94. The Morgan fingerprint density at radius 3 is 2.00 bits per heavy atom. The molecule has 1 heterocycles. The highest BCUT2D eigenvalue weighted by molar-refractivity contribution is 5.28. The number of nitrogens with one attached hydrogen (secondary N) is 1. The first-order valence-corrected chi connectivity index (χ1v) is 8.58. The third-order valence-electron chi connectivity index (χ3n) is 4.37. The second kappa shape index (κ2) is 6.87. The molecule has 1 saturated carbocycles. The van der Waals surface area contributed by atoms with E-state index < -0.39 is 0 Å². The number of aryl methyl sites for hydroxylation is 2. The van der Waals surface area contributed by atoms with Gasteiger partial charge in [-0.3, -0.25) is 0 Å². The van der Waals surface area contributed by atoms with E-state index in [2.05, 4.69) is 39.9 Å². The molecular weight excluding hydrogens is 258 g/mol. The molecule has 1 N–H and O–H groups in total. The molecule has 1 aromatic rings. The van der Waals surface area contributed by atoms with Gasteiger partial charge in [-0.2, -0.15) is 0 Å². The van der Waals surface area contributed by atoms with Gasteiger partial charge in [0.25, 0.3) is 0 Å². The van der Waals surface area contributed by atoms with Crippen LogP contribution in [-0.2, 0) is 19.3 Å². The molecule has 0 aliphatic heterocycles. The smallest absolute Gasteiger partial charge is 0.131 e. The largest absolute Gasteiger partial charge is 0.312 e. The number of nitrogens with zero attached hydrogens (tertiary/aromatic N) is 2. The lowest BCUT2D eigenvalue weighted by molar-refractivity contribution is 0.398. The fraction of sp³-hybridized carbons (Fsp3) is 0.778. The Morgan fingerprint density at radius 1 is 1.05 bits per heavy atom. The molecule has 3 nitrogen and oxygen atoms in total. The maximum atomic E-state index is 4.90. The summed E-state index contributed by atoms with van der Waals surface area (Å²) in [5.41, 5.74) is 4.12. The monoisotopic (exact) mass is 289 g/mol. The molecule has 2 rings (SSSR count). The van der Waals surface area contributed by atoms with E-state index in [0.29, 0.717) is 5.92 Å². The molecule has 0 aromatic carbocycles. The number of rotatable bonds is 6. The molecule has 0 bridgehead atoms. The lowest BCUT2D eigenvalue weighted by Gasteiger charge is -2.26. The van der Waals surface area contributed by atoms with Crippen LogP contribution in [0.25, 0.3) is 0 Å². The van der Waals surface area contributed by atoms with Crippen LogP contribution < -0.4 is 5.32 Å². The lowest BCUT2D eigenvalue weighted by Crippen LogP contribution is -2.37. The fourth-order valence-electron chi connectivity index (χ4n) is 2.89. The summed E-state index contributed by atoms with van der Waals surface area (Å²) < 4.78 is 0. The second-order valence-corrected chi connectivity index (χ2v) is 7.22. The van der Waals surface area contributed by atoms with Crippen molar-refractivity contribution in [3.8, 4) is 0 Å². The van der Waals surface area contributed by atoms with Crippen molar-refractivity contribution in [2.24, 2.45) is 0 Å². The number of aromatic nitrogens is 2. The molecule has 118 valence electrons. The maximum absolute atomic E-state index is 4.90. The van der Waals surface area contributed by atoms with Crippen molar-refractivity contribution in [1.29, 1.82) is 0 Å². The predicted molar refractivity (Wildman–Crippen MR) is 88.8 cm³/mol. The van der Waals surface area contributed by atoms with Crippen molar-refractivity contribution < 1.29 is 0 Å². The highest BCUT2D eigenvalue weighted by Crippen LogP contribution is 2.35. The van der Waals surface area contributed by atoms with E-state index in [4.69, 9.17) is 9.97 Å². The van der Waals surface area contributed by atoms with Crippen LogP contribution in [0, 0.1) is 0 Å². The van der Waals surface area contributed by atoms with Gasteiger partial charge >= 0.3 is 0 Å². The predicted octanol–water partition coefficient (Wildman–Crippen LogP) is 3.80. The lowest BCUT2D eigenvalue weighted by atomic mass is 9.84. The van der Waals surface area contributed by atoms with Gasteiger partial charge in [-0.25, -0.2) is 9.97 Å². The summed E-state index contributed by atoms with van der Waals surface area (Å²) in [4.78, 5) is 9.80. The topological polar surface area (TPSA) is 37.8 Å². The summed E-state index contributed by atoms with van der Waals surface area (Å²) in [6.45, 7) is 12.1. The first kappa shape index (κ1) is 16.4. The van der Waals surface area contributed by atoms with E-state index in [1.165, 1.54) is 36.2 Å². The van der Waals surface area contributed by atoms with Crippen LogP contribution >= 0.6 is 0 Å². The molecule has 1 aromatic heterocycles. The Kier molecular flexibility index (Phi) is 5.37. The average Bonchev–Trinajstić information content (AvgIpc) is 2.36. The Labute approximate surface area is 130 Å². The molecule has 1 aliphatic rings. The molecular formula is C18H31N3. The van der Waals surface area contributed by atoms with Crippen molar-refractivity contribution in [2.75, 3.05) is 6.54 Å². The third-order valence-corrected chi connectivity index (χ3v) is 4.37. The van der Waals surface area contributed by atoms with Gasteiger partial charge in [0, 0.05) is 22.8 Å². The first-order valence-electron chi connectivity index (χ1n) is 8.58. The minimum atomic E-state index is 0.172. The molecule has 0 unspecified atom stereocenters. The van der Waals surface area contributed by atoms with Crippen LogP contribution in [0.2, 0.25) is 0 Å². The Hall–Kier alpha value is -0.960. The molecule has 1 fully saturated rings. The summed E-state index contributed by atoms with van der Waals surface area (Å²) >= 11 is 0. The summed E-state index contributed by atoms with van der Waals surface area (Å²) in [5.74, 6) is 1.74. The normalized spacial score (nSPS) is 16.0. The highest BCUT2D eigenvalue weighted by atomic mass is 14.9. The van der Waals surface area contributed by atoms with Crippen LogP contribution in [0.15, 0.2) is 0 Å². The van der Waals surface area contributed by atoms with E-state index in [1.807, 2.05) is 0 Å². The van der Waals surface area contributed by atoms with Gasteiger partial charge in [0.2, 0.25) is 0 Å². The minimum absolute atomic E-state index is 0.172. The summed E-state index contributed by atoms with van der Waals surface area (Å²) in [6.07, 6.45) is 6.96. The molecule has 21 heavy (non-hydrogen) atoms. The fourth-order valence-corrected chi connectivity index (χ4v) is 2.89. The van der Waals surface area contributed by atoms with E-state index >= 15 is 0 Å². The van der Waals surface area contributed by atoms with Gasteiger partial charge < -0.3 is 5.32 Å². The zero-order valence-electron chi connectivity index (χ0n) is 14.4. The van der Waals surface area contributed by atoms with Crippen LogP contribution in [0.5, 0.6) is 0 Å². The number of hydrogen-bond acceptors (Lipinski definition) is 3. The van der Waals surface area contributed by atoms with Crippen LogP contribution in [0.3, 0.4) is 0 Å². The van der Waals surface area contributed by atoms with Crippen molar-refractivity contribution in [1.82, 2.24) is 15.3 Å². The van der Waals surface area contributed by atoms with Crippen LogP contribution in [0.4, 0.5) is 0 Å². The molecule has 0 radical (unpaired) electrons. The van der Waals surface area contributed by atoms with Gasteiger partial charge in [0.05, 0.1) is 0 Å². The summed E-state index contributed by atoms with van der Waals surface area (Å²) in [7, 11) is 0. The zero-order chi connectivity index (χ0) is 15.5. The van der Waals surface area contributed by atoms with Crippen molar-refractivity contribution in [2.45, 2.75) is 84.6 Å². The molecule has 0 amide bonds. The van der Waals surface area contributed by atoms with Crippen molar-refractivity contribution >= 4 is 0 Å². The second-order valence-electron chi connectivity index (χ2n) is 7.22. The molecule has 0 atom stereocenters. The standard InChI is InChI=1S/C18H31N3/c1-6-15-14(11-12-19-18(3,4)5)16(7-2)21-17(20-15)13-9-8-10-13/h13,19H,6-12H2,1-5H3.